The molecule has 1 amide bonds. The quantitative estimate of drug-likeness (QED) is 0.753. The molecule has 0 bridgehead atoms. The van der Waals surface area contributed by atoms with Gasteiger partial charge in [-0.1, -0.05) is 30.7 Å². The molecule has 0 fully saturated rings. The van der Waals surface area contributed by atoms with Gasteiger partial charge in [-0.15, -0.1) is 0 Å². The summed E-state index contributed by atoms with van der Waals surface area (Å²) in [6.45, 7) is 4.63. The van der Waals surface area contributed by atoms with Crippen LogP contribution in [-0.2, 0) is 12.8 Å². The Morgan fingerprint density at radius 1 is 1.16 bits per heavy atom. The highest BCUT2D eigenvalue weighted by Crippen LogP contribution is 2.16. The summed E-state index contributed by atoms with van der Waals surface area (Å²) in [7, 11) is 0. The Bertz CT molecular complexity index is 838. The first-order valence-electron chi connectivity index (χ1n) is 8.51. The van der Waals surface area contributed by atoms with E-state index in [-0.39, 0.29) is 5.91 Å². The summed E-state index contributed by atoms with van der Waals surface area (Å²) in [5.74, 6) is -0.0915. The smallest absolute Gasteiger partial charge is 0.254 e. The van der Waals surface area contributed by atoms with Crippen LogP contribution in [0.3, 0.4) is 0 Å². The molecule has 0 aliphatic heterocycles. The minimum absolute atomic E-state index is 0.0915. The SMILES string of the molecule is CCc1c(C(=O)NCCc2ccccn2)cnn1-c1ccc(C)cc1. The number of nitrogens with zero attached hydrogens (tertiary/aromatic N) is 3. The molecule has 2 heterocycles. The van der Waals surface area contributed by atoms with E-state index in [0.717, 1.165) is 23.5 Å². The Morgan fingerprint density at radius 2 is 1.96 bits per heavy atom. The Hall–Kier alpha value is -2.95. The van der Waals surface area contributed by atoms with Gasteiger partial charge in [-0.25, -0.2) is 4.68 Å². The van der Waals surface area contributed by atoms with Crippen molar-refractivity contribution in [2.45, 2.75) is 26.7 Å². The summed E-state index contributed by atoms with van der Waals surface area (Å²) in [5.41, 5.74) is 4.67. The van der Waals surface area contributed by atoms with Crippen LogP contribution in [0.1, 0.15) is 34.2 Å². The number of aromatic nitrogens is 3. The summed E-state index contributed by atoms with van der Waals surface area (Å²) in [6, 6.07) is 13.9. The van der Waals surface area contributed by atoms with Gasteiger partial charge < -0.3 is 5.32 Å². The third kappa shape index (κ3) is 3.94. The number of nitrogens with one attached hydrogen (secondary N) is 1. The molecule has 2 aromatic heterocycles. The van der Waals surface area contributed by atoms with Crippen molar-refractivity contribution in [3.63, 3.8) is 0 Å². The highest BCUT2D eigenvalue weighted by atomic mass is 16.1. The summed E-state index contributed by atoms with van der Waals surface area (Å²) < 4.78 is 1.84. The molecule has 128 valence electrons. The van der Waals surface area contributed by atoms with Crippen LogP contribution >= 0.6 is 0 Å². The van der Waals surface area contributed by atoms with Gasteiger partial charge in [-0.3, -0.25) is 9.78 Å². The minimum Gasteiger partial charge on any atom is -0.352 e. The molecule has 3 rings (SSSR count). The number of benzene rings is 1. The Morgan fingerprint density at radius 3 is 2.64 bits per heavy atom. The fourth-order valence-electron chi connectivity index (χ4n) is 2.76. The highest BCUT2D eigenvalue weighted by molar-refractivity contribution is 5.95. The Balaban J connectivity index is 1.71. The van der Waals surface area contributed by atoms with Crippen molar-refractivity contribution < 1.29 is 4.79 Å². The molecule has 0 unspecified atom stereocenters. The van der Waals surface area contributed by atoms with E-state index in [1.807, 2.05) is 61.0 Å². The minimum atomic E-state index is -0.0915. The van der Waals surface area contributed by atoms with Gasteiger partial charge in [0.15, 0.2) is 0 Å². The fraction of sp³-hybridized carbons (Fsp3) is 0.250. The highest BCUT2D eigenvalue weighted by Gasteiger charge is 2.16. The number of hydrogen-bond acceptors (Lipinski definition) is 3. The molecule has 0 radical (unpaired) electrons. The zero-order valence-corrected chi connectivity index (χ0v) is 14.6. The Kier molecular flexibility index (Phi) is 5.23. The second-order valence-corrected chi connectivity index (χ2v) is 5.93. The maximum Gasteiger partial charge on any atom is 0.254 e. The molecule has 0 aliphatic carbocycles. The fourth-order valence-corrected chi connectivity index (χ4v) is 2.76. The predicted octanol–water partition coefficient (Wildman–Crippen LogP) is 3.11. The second kappa shape index (κ2) is 7.75. The van der Waals surface area contributed by atoms with E-state index in [0.29, 0.717) is 18.5 Å². The summed E-state index contributed by atoms with van der Waals surface area (Å²) >= 11 is 0. The number of aryl methyl sites for hydroxylation is 1. The molecule has 25 heavy (non-hydrogen) atoms. The number of carbonyl (C=O) groups excluding carboxylic acids is 1. The van der Waals surface area contributed by atoms with E-state index in [9.17, 15) is 4.79 Å². The van der Waals surface area contributed by atoms with Crippen LogP contribution in [0.15, 0.2) is 54.9 Å². The normalized spacial score (nSPS) is 10.6. The first kappa shape index (κ1) is 16.9. The van der Waals surface area contributed by atoms with Gasteiger partial charge in [0.25, 0.3) is 5.91 Å². The topological polar surface area (TPSA) is 59.8 Å². The lowest BCUT2D eigenvalue weighted by Gasteiger charge is -2.09. The van der Waals surface area contributed by atoms with E-state index in [1.165, 1.54) is 5.56 Å². The molecule has 3 aromatic rings. The number of carbonyl (C=O) groups is 1. The second-order valence-electron chi connectivity index (χ2n) is 5.93. The van der Waals surface area contributed by atoms with Crippen molar-refractivity contribution in [2.75, 3.05) is 6.54 Å². The monoisotopic (exact) mass is 334 g/mol. The van der Waals surface area contributed by atoms with Gasteiger partial charge in [0.2, 0.25) is 0 Å². The molecule has 5 nitrogen and oxygen atoms in total. The first-order chi connectivity index (χ1) is 12.2. The van der Waals surface area contributed by atoms with E-state index >= 15 is 0 Å². The zero-order valence-electron chi connectivity index (χ0n) is 14.6. The van der Waals surface area contributed by atoms with E-state index in [4.69, 9.17) is 0 Å². The van der Waals surface area contributed by atoms with Crippen LogP contribution < -0.4 is 5.32 Å². The van der Waals surface area contributed by atoms with Crippen LogP contribution in [0.2, 0.25) is 0 Å². The molecule has 1 aromatic carbocycles. The van der Waals surface area contributed by atoms with Crippen LogP contribution in [0.5, 0.6) is 0 Å². The van der Waals surface area contributed by atoms with Crippen molar-refractivity contribution in [3.8, 4) is 5.69 Å². The molecular formula is C20H22N4O. The molecule has 0 atom stereocenters. The van der Waals surface area contributed by atoms with Gasteiger partial charge in [0, 0.05) is 24.9 Å². The van der Waals surface area contributed by atoms with E-state index in [2.05, 4.69) is 15.4 Å². The van der Waals surface area contributed by atoms with Gasteiger partial charge in [-0.2, -0.15) is 5.10 Å². The molecule has 0 saturated carbocycles. The number of pyridine rings is 1. The standard InChI is InChI=1S/C20H22N4O/c1-3-19-18(14-23-24(19)17-9-7-15(2)8-10-17)20(25)22-13-11-16-6-4-5-12-21-16/h4-10,12,14H,3,11,13H2,1-2H3,(H,22,25). The predicted molar refractivity (Wildman–Crippen MR) is 98.0 cm³/mol. The molecular weight excluding hydrogens is 312 g/mol. The molecule has 5 heteroatoms. The lowest BCUT2D eigenvalue weighted by Crippen LogP contribution is -2.26. The number of amides is 1. The summed E-state index contributed by atoms with van der Waals surface area (Å²) in [4.78, 5) is 16.8. The van der Waals surface area contributed by atoms with Crippen molar-refractivity contribution in [3.05, 3.63) is 77.4 Å². The van der Waals surface area contributed by atoms with Crippen molar-refractivity contribution in [1.29, 1.82) is 0 Å². The largest absolute Gasteiger partial charge is 0.352 e. The van der Waals surface area contributed by atoms with Crippen molar-refractivity contribution in [2.24, 2.45) is 0 Å². The van der Waals surface area contributed by atoms with Gasteiger partial charge in [0.05, 0.1) is 23.1 Å². The van der Waals surface area contributed by atoms with Crippen molar-refractivity contribution in [1.82, 2.24) is 20.1 Å². The third-order valence-corrected chi connectivity index (χ3v) is 4.12. The maximum atomic E-state index is 12.5. The number of hydrogen-bond donors (Lipinski definition) is 1. The lowest BCUT2D eigenvalue weighted by atomic mass is 10.1. The van der Waals surface area contributed by atoms with Crippen LogP contribution in [0.25, 0.3) is 5.69 Å². The average Bonchev–Trinajstić information content (AvgIpc) is 3.07. The van der Waals surface area contributed by atoms with Crippen LogP contribution in [0, 0.1) is 6.92 Å². The molecule has 0 saturated heterocycles. The third-order valence-electron chi connectivity index (χ3n) is 4.12. The molecule has 0 spiro atoms. The molecule has 1 N–H and O–H groups in total. The van der Waals surface area contributed by atoms with Gasteiger partial charge in [-0.05, 0) is 37.6 Å². The van der Waals surface area contributed by atoms with Crippen molar-refractivity contribution >= 4 is 5.91 Å². The first-order valence-corrected chi connectivity index (χ1v) is 8.51. The van der Waals surface area contributed by atoms with Crippen LogP contribution in [0.4, 0.5) is 0 Å². The zero-order chi connectivity index (χ0) is 17.6. The molecule has 0 aliphatic rings. The van der Waals surface area contributed by atoms with E-state index < -0.39 is 0 Å². The van der Waals surface area contributed by atoms with Gasteiger partial charge >= 0.3 is 0 Å². The van der Waals surface area contributed by atoms with E-state index in [1.54, 1.807) is 12.4 Å². The Labute approximate surface area is 147 Å². The average molecular weight is 334 g/mol. The summed E-state index contributed by atoms with van der Waals surface area (Å²) in [5, 5.41) is 7.38. The maximum absolute atomic E-state index is 12.5. The lowest BCUT2D eigenvalue weighted by molar-refractivity contribution is 0.0953. The summed E-state index contributed by atoms with van der Waals surface area (Å²) in [6.07, 6.45) is 4.85. The van der Waals surface area contributed by atoms with Gasteiger partial charge in [0.1, 0.15) is 0 Å². The van der Waals surface area contributed by atoms with Crippen LogP contribution in [-0.4, -0.2) is 27.2 Å². The number of rotatable bonds is 6.